The fraction of sp³-hybridized carbons (Fsp3) is 0.786. The van der Waals surface area contributed by atoms with Crippen molar-refractivity contribution in [2.24, 2.45) is 23.7 Å². The summed E-state index contributed by atoms with van der Waals surface area (Å²) in [5.41, 5.74) is 0.531. The third-order valence-corrected chi connectivity index (χ3v) is 8.72. The Bertz CT molecular complexity index is 712. The van der Waals surface area contributed by atoms with Gasteiger partial charge in [0.15, 0.2) is 11.6 Å². The number of halogens is 2. The van der Waals surface area contributed by atoms with Gasteiger partial charge in [-0.15, -0.1) is 0 Å². The molecule has 4 heteroatoms. The van der Waals surface area contributed by atoms with E-state index < -0.39 is 11.6 Å². The van der Waals surface area contributed by atoms with E-state index in [1.165, 1.54) is 51.4 Å². The summed E-state index contributed by atoms with van der Waals surface area (Å²) in [5, 5.41) is 0. The number of hydrogen-bond acceptors (Lipinski definition) is 2. The van der Waals surface area contributed by atoms with Gasteiger partial charge in [0, 0.05) is 0 Å². The Morgan fingerprint density at radius 3 is 2.12 bits per heavy atom. The van der Waals surface area contributed by atoms with Gasteiger partial charge in [-0.25, -0.2) is 4.39 Å². The van der Waals surface area contributed by atoms with Crippen LogP contribution >= 0.6 is 0 Å². The molecule has 0 spiro atoms. The smallest absolute Gasteiger partial charge is 0.200 e. The highest BCUT2D eigenvalue weighted by Crippen LogP contribution is 2.44. The fourth-order valence-corrected chi connectivity index (χ4v) is 6.82. The van der Waals surface area contributed by atoms with Gasteiger partial charge >= 0.3 is 0 Å². The minimum atomic E-state index is -0.832. The van der Waals surface area contributed by atoms with Crippen molar-refractivity contribution in [1.82, 2.24) is 0 Å². The molecular weight excluding hydrogens is 406 g/mol. The summed E-state index contributed by atoms with van der Waals surface area (Å²) in [5.74, 6) is 1.64. The van der Waals surface area contributed by atoms with Crippen LogP contribution in [-0.2, 0) is 4.74 Å². The van der Waals surface area contributed by atoms with E-state index in [4.69, 9.17) is 9.47 Å². The summed E-state index contributed by atoms with van der Waals surface area (Å²) in [7, 11) is 0. The molecule has 1 saturated heterocycles. The first kappa shape index (κ1) is 24.0. The maximum absolute atomic E-state index is 14.6. The maximum atomic E-state index is 14.6. The molecule has 0 bridgehead atoms. The van der Waals surface area contributed by atoms with Crippen LogP contribution in [0.4, 0.5) is 8.78 Å². The first-order valence-electron chi connectivity index (χ1n) is 13.3. The van der Waals surface area contributed by atoms with Crippen molar-refractivity contribution in [3.8, 4) is 5.75 Å². The van der Waals surface area contributed by atoms with Gasteiger partial charge in [0.2, 0.25) is 5.82 Å². The molecule has 2 atom stereocenters. The predicted molar refractivity (Wildman–Crippen MR) is 125 cm³/mol. The van der Waals surface area contributed by atoms with Crippen LogP contribution < -0.4 is 4.74 Å². The van der Waals surface area contributed by atoms with Crippen molar-refractivity contribution in [3.05, 3.63) is 29.3 Å². The van der Waals surface area contributed by atoms with Crippen molar-refractivity contribution in [2.75, 3.05) is 13.2 Å². The molecule has 180 valence electrons. The molecule has 0 N–H and O–H groups in total. The average molecular weight is 449 g/mol. The first-order valence-corrected chi connectivity index (χ1v) is 13.3. The highest BCUT2D eigenvalue weighted by atomic mass is 19.2. The van der Waals surface area contributed by atoms with Crippen molar-refractivity contribution >= 4 is 0 Å². The molecule has 2 nitrogen and oxygen atoms in total. The van der Waals surface area contributed by atoms with Gasteiger partial charge in [0.1, 0.15) is 0 Å². The lowest BCUT2D eigenvalue weighted by Gasteiger charge is -2.41. The zero-order chi connectivity index (χ0) is 22.5. The molecule has 1 aliphatic heterocycles. The number of hydrogen-bond donors (Lipinski definition) is 0. The Morgan fingerprint density at radius 1 is 0.812 bits per heavy atom. The molecule has 0 aromatic heterocycles. The van der Waals surface area contributed by atoms with Crippen molar-refractivity contribution in [1.29, 1.82) is 0 Å². The van der Waals surface area contributed by atoms with Crippen LogP contribution in [0, 0.1) is 35.3 Å². The second-order valence-corrected chi connectivity index (χ2v) is 10.6. The third kappa shape index (κ3) is 5.48. The van der Waals surface area contributed by atoms with Crippen molar-refractivity contribution < 1.29 is 18.3 Å². The molecule has 0 amide bonds. The molecule has 2 saturated carbocycles. The molecule has 2 unspecified atom stereocenters. The quantitative estimate of drug-likeness (QED) is 0.420. The molecule has 2 aliphatic carbocycles. The fourth-order valence-electron chi connectivity index (χ4n) is 6.82. The topological polar surface area (TPSA) is 18.5 Å². The molecule has 0 radical (unpaired) electrons. The maximum Gasteiger partial charge on any atom is 0.200 e. The van der Waals surface area contributed by atoms with Crippen molar-refractivity contribution in [2.45, 2.75) is 103 Å². The summed E-state index contributed by atoms with van der Waals surface area (Å²) in [6, 6.07) is 3.33. The summed E-state index contributed by atoms with van der Waals surface area (Å²) in [6.45, 7) is 5.32. The van der Waals surface area contributed by atoms with Crippen molar-refractivity contribution in [3.63, 3.8) is 0 Å². The van der Waals surface area contributed by atoms with E-state index in [0.717, 1.165) is 44.1 Å². The lowest BCUT2D eigenvalue weighted by molar-refractivity contribution is -0.0732. The van der Waals surface area contributed by atoms with Gasteiger partial charge in [-0.2, -0.15) is 4.39 Å². The van der Waals surface area contributed by atoms with Crippen LogP contribution in [-0.4, -0.2) is 19.3 Å². The SMILES string of the molecule is CCCC1CCC(C2CCC(C3CCC(c4ccc(OCC)c(F)c4F)CC3)CO2)CC1. The third-order valence-electron chi connectivity index (χ3n) is 8.72. The summed E-state index contributed by atoms with van der Waals surface area (Å²) in [6.07, 6.45) is 15.3. The van der Waals surface area contributed by atoms with E-state index in [2.05, 4.69) is 6.92 Å². The van der Waals surface area contributed by atoms with Gasteiger partial charge in [0.25, 0.3) is 0 Å². The standard InChI is InChI=1S/C28H42F2O2/c1-3-5-19-6-8-22(9-7-19)25-16-14-23(18-32-25)20-10-12-21(13-11-20)24-15-17-26(31-4-2)28(30)27(24)29/h15,17,19-23,25H,3-14,16,18H2,1-2H3. The van der Waals surface area contributed by atoms with Crippen LogP contribution in [0.3, 0.4) is 0 Å². The second kappa shape index (κ2) is 11.3. The van der Waals surface area contributed by atoms with Gasteiger partial charge in [-0.3, -0.25) is 0 Å². The van der Waals surface area contributed by atoms with E-state index in [9.17, 15) is 8.78 Å². The zero-order valence-electron chi connectivity index (χ0n) is 20.1. The van der Waals surface area contributed by atoms with Gasteiger partial charge in [-0.05, 0) is 99.5 Å². The van der Waals surface area contributed by atoms with E-state index >= 15 is 0 Å². The minimum absolute atomic E-state index is 0.0233. The predicted octanol–water partition coefficient (Wildman–Crippen LogP) is 8.04. The van der Waals surface area contributed by atoms with Crippen LogP contribution in [0.2, 0.25) is 0 Å². The lowest BCUT2D eigenvalue weighted by Crippen LogP contribution is -2.37. The molecule has 1 aromatic rings. The van der Waals surface area contributed by atoms with Crippen LogP contribution in [0.5, 0.6) is 5.75 Å². The number of ether oxygens (including phenoxy) is 2. The second-order valence-electron chi connectivity index (χ2n) is 10.6. The number of rotatable bonds is 7. The van der Waals surface area contributed by atoms with Gasteiger partial charge in [-0.1, -0.05) is 38.7 Å². The Hall–Kier alpha value is -1.16. The highest BCUT2D eigenvalue weighted by molar-refractivity contribution is 5.33. The molecule has 3 aliphatic rings. The molecule has 1 aromatic carbocycles. The Labute approximate surface area is 193 Å². The first-order chi connectivity index (χ1) is 15.6. The molecule has 32 heavy (non-hydrogen) atoms. The van der Waals surface area contributed by atoms with Crippen LogP contribution in [0.15, 0.2) is 12.1 Å². The lowest BCUT2D eigenvalue weighted by atomic mass is 9.71. The van der Waals surface area contributed by atoms with E-state index in [1.807, 2.05) is 0 Å². The zero-order valence-corrected chi connectivity index (χ0v) is 20.1. The summed E-state index contributed by atoms with van der Waals surface area (Å²) < 4.78 is 40.6. The summed E-state index contributed by atoms with van der Waals surface area (Å²) in [4.78, 5) is 0. The summed E-state index contributed by atoms with van der Waals surface area (Å²) >= 11 is 0. The van der Waals surface area contributed by atoms with Crippen LogP contribution in [0.25, 0.3) is 0 Å². The largest absolute Gasteiger partial charge is 0.491 e. The van der Waals surface area contributed by atoms with Gasteiger partial charge in [0.05, 0.1) is 19.3 Å². The normalized spacial score (nSPS) is 33.8. The number of benzene rings is 1. The minimum Gasteiger partial charge on any atom is -0.491 e. The van der Waals surface area contributed by atoms with E-state index in [-0.39, 0.29) is 11.7 Å². The molecular formula is C28H42F2O2. The van der Waals surface area contributed by atoms with E-state index in [0.29, 0.717) is 30.1 Å². The monoisotopic (exact) mass is 448 g/mol. The van der Waals surface area contributed by atoms with Crippen LogP contribution in [0.1, 0.15) is 102 Å². The molecule has 4 rings (SSSR count). The Balaban J connectivity index is 1.23. The average Bonchev–Trinajstić information content (AvgIpc) is 2.83. The molecule has 3 fully saturated rings. The Kier molecular flexibility index (Phi) is 8.48. The molecule has 1 heterocycles. The highest BCUT2D eigenvalue weighted by Gasteiger charge is 2.36. The van der Waals surface area contributed by atoms with Gasteiger partial charge < -0.3 is 9.47 Å². The van der Waals surface area contributed by atoms with E-state index in [1.54, 1.807) is 19.1 Å². The Morgan fingerprint density at radius 2 is 1.50 bits per heavy atom.